The van der Waals surface area contributed by atoms with Crippen LogP contribution in [0.25, 0.3) is 0 Å². The Morgan fingerprint density at radius 3 is 3.00 bits per heavy atom. The summed E-state index contributed by atoms with van der Waals surface area (Å²) in [6.45, 7) is 0.722. The molecule has 0 spiro atoms. The highest BCUT2D eigenvalue weighted by Crippen LogP contribution is 1.77. The van der Waals surface area contributed by atoms with E-state index in [1.807, 2.05) is 0 Å². The maximum atomic E-state index is 5.30. The molecule has 3 nitrogen and oxygen atoms in total. The second-order valence-electron chi connectivity index (χ2n) is 1.27. The van der Waals surface area contributed by atoms with E-state index in [9.17, 15) is 0 Å². The highest BCUT2D eigenvalue weighted by molar-refractivity contribution is 5.56. The Morgan fingerprint density at radius 2 is 2.83 bits per heavy atom. The van der Waals surface area contributed by atoms with Crippen LogP contribution in [-0.2, 0) is 0 Å². The summed E-state index contributed by atoms with van der Waals surface area (Å²) < 4.78 is 0. The van der Waals surface area contributed by atoms with Crippen molar-refractivity contribution < 1.29 is 0 Å². The Labute approximate surface area is 36.2 Å². The summed E-state index contributed by atoms with van der Waals surface area (Å²) in [7, 11) is 0. The maximum Gasteiger partial charge on any atom is 0.0951 e. The second kappa shape index (κ2) is 1.26. The summed E-state index contributed by atoms with van der Waals surface area (Å²) >= 11 is 0. The molecule has 1 heterocycles. The molecule has 0 saturated heterocycles. The minimum Gasteiger partial charge on any atom is -0.360 e. The van der Waals surface area contributed by atoms with Gasteiger partial charge in [-0.3, -0.25) is 4.99 Å². The average Bonchev–Trinajstić information content (AvgIpc) is 1.86. The third-order valence-electron chi connectivity index (χ3n) is 0.682. The number of hydrogen-bond acceptors (Lipinski definition) is 3. The van der Waals surface area contributed by atoms with Gasteiger partial charge in [0.05, 0.1) is 19.0 Å². The predicted octanol–water partition coefficient (Wildman–Crippen LogP) is -1.10. The fourth-order valence-electron chi connectivity index (χ4n) is 0.367. The lowest BCUT2D eigenvalue weighted by Crippen LogP contribution is -2.33. The van der Waals surface area contributed by atoms with Crippen molar-refractivity contribution in [3.05, 3.63) is 0 Å². The van der Waals surface area contributed by atoms with Crippen molar-refractivity contribution in [1.82, 2.24) is 5.32 Å². The third-order valence-corrected chi connectivity index (χ3v) is 0.682. The van der Waals surface area contributed by atoms with E-state index >= 15 is 0 Å². The van der Waals surface area contributed by atoms with Crippen molar-refractivity contribution in [2.75, 3.05) is 6.54 Å². The molecule has 0 aromatic carbocycles. The fraction of sp³-hybridized carbons (Fsp3) is 0.667. The summed E-state index contributed by atoms with van der Waals surface area (Å²) in [5.41, 5.74) is 5.30. The zero-order valence-corrected chi connectivity index (χ0v) is 3.39. The summed E-state index contributed by atoms with van der Waals surface area (Å²) in [4.78, 5) is 3.80. The van der Waals surface area contributed by atoms with Crippen LogP contribution < -0.4 is 11.1 Å². The first-order chi connectivity index (χ1) is 2.89. The minimum absolute atomic E-state index is 0.0741. The van der Waals surface area contributed by atoms with Crippen LogP contribution in [0.15, 0.2) is 4.99 Å². The number of hydrogen-bond donors (Lipinski definition) is 2. The molecule has 34 valence electrons. The molecule has 0 aliphatic carbocycles. The highest BCUT2D eigenvalue weighted by Gasteiger charge is 1.99. The van der Waals surface area contributed by atoms with Gasteiger partial charge < -0.3 is 11.1 Å². The molecular weight excluding hydrogens is 78.1 g/mol. The van der Waals surface area contributed by atoms with Crippen molar-refractivity contribution in [1.29, 1.82) is 0 Å². The Morgan fingerprint density at radius 1 is 2.00 bits per heavy atom. The molecular formula is C3H7N3. The van der Waals surface area contributed by atoms with Crippen LogP contribution in [0, 0.1) is 0 Å². The highest BCUT2D eigenvalue weighted by atomic mass is 15.1. The SMILES string of the molecule is NC1CN=CN1. The van der Waals surface area contributed by atoms with E-state index in [1.54, 1.807) is 6.34 Å². The van der Waals surface area contributed by atoms with Crippen molar-refractivity contribution >= 4 is 6.34 Å². The third kappa shape index (κ3) is 0.490. The van der Waals surface area contributed by atoms with Crippen molar-refractivity contribution in [2.24, 2.45) is 10.7 Å². The number of nitrogens with zero attached hydrogens (tertiary/aromatic N) is 1. The Balaban J connectivity index is 2.32. The van der Waals surface area contributed by atoms with Crippen LogP contribution in [0.2, 0.25) is 0 Å². The normalized spacial score (nSPS) is 30.5. The molecule has 1 aliphatic heterocycles. The van der Waals surface area contributed by atoms with Gasteiger partial charge in [-0.05, 0) is 0 Å². The number of rotatable bonds is 0. The molecule has 0 bridgehead atoms. The van der Waals surface area contributed by atoms with Crippen molar-refractivity contribution in [2.45, 2.75) is 6.17 Å². The minimum atomic E-state index is 0.0741. The summed E-state index contributed by atoms with van der Waals surface area (Å²) in [5.74, 6) is 0. The quantitative estimate of drug-likeness (QED) is 0.392. The van der Waals surface area contributed by atoms with E-state index in [4.69, 9.17) is 5.73 Å². The number of nitrogens with one attached hydrogen (secondary N) is 1. The monoisotopic (exact) mass is 85.1 g/mol. The maximum absolute atomic E-state index is 5.30. The molecule has 3 heteroatoms. The molecule has 6 heavy (non-hydrogen) atoms. The van der Waals surface area contributed by atoms with Crippen molar-refractivity contribution in [3.63, 3.8) is 0 Å². The topological polar surface area (TPSA) is 50.4 Å². The van der Waals surface area contributed by atoms with E-state index in [-0.39, 0.29) is 6.17 Å². The van der Waals surface area contributed by atoms with Crippen molar-refractivity contribution in [3.8, 4) is 0 Å². The number of nitrogens with two attached hydrogens (primary N) is 1. The van der Waals surface area contributed by atoms with Gasteiger partial charge in [0.2, 0.25) is 0 Å². The van der Waals surface area contributed by atoms with Gasteiger partial charge in [0.25, 0.3) is 0 Å². The lowest BCUT2D eigenvalue weighted by molar-refractivity contribution is 0.694. The van der Waals surface area contributed by atoms with Gasteiger partial charge >= 0.3 is 0 Å². The van der Waals surface area contributed by atoms with Gasteiger partial charge in [-0.2, -0.15) is 0 Å². The van der Waals surface area contributed by atoms with E-state index in [0.717, 1.165) is 6.54 Å². The largest absolute Gasteiger partial charge is 0.360 e. The molecule has 3 N–H and O–H groups in total. The number of aliphatic imine (C=N–C) groups is 1. The van der Waals surface area contributed by atoms with E-state index in [0.29, 0.717) is 0 Å². The fourth-order valence-corrected chi connectivity index (χ4v) is 0.367. The first-order valence-electron chi connectivity index (χ1n) is 1.89. The van der Waals surface area contributed by atoms with E-state index in [2.05, 4.69) is 10.3 Å². The van der Waals surface area contributed by atoms with Gasteiger partial charge in [0.1, 0.15) is 0 Å². The predicted molar refractivity (Wildman–Crippen MR) is 24.5 cm³/mol. The van der Waals surface area contributed by atoms with Crippen LogP contribution >= 0.6 is 0 Å². The van der Waals surface area contributed by atoms with Crippen LogP contribution in [0.4, 0.5) is 0 Å². The smallest absolute Gasteiger partial charge is 0.0951 e. The standard InChI is InChI=1S/C3H7N3/c4-3-1-5-2-6-3/h2-3H,1,4H2,(H,5,6). The second-order valence-corrected chi connectivity index (χ2v) is 1.27. The lowest BCUT2D eigenvalue weighted by Gasteiger charge is -1.95. The first-order valence-corrected chi connectivity index (χ1v) is 1.89. The Hall–Kier alpha value is -0.570. The van der Waals surface area contributed by atoms with Crippen LogP contribution in [-0.4, -0.2) is 19.0 Å². The van der Waals surface area contributed by atoms with Gasteiger partial charge in [-0.15, -0.1) is 0 Å². The van der Waals surface area contributed by atoms with Gasteiger partial charge in [-0.25, -0.2) is 0 Å². The summed E-state index contributed by atoms with van der Waals surface area (Å²) in [6, 6.07) is 0. The first kappa shape index (κ1) is 3.61. The molecule has 0 aromatic rings. The molecule has 0 radical (unpaired) electrons. The molecule has 1 rings (SSSR count). The molecule has 1 atom stereocenters. The molecule has 1 unspecified atom stereocenters. The van der Waals surface area contributed by atoms with E-state index in [1.165, 1.54) is 0 Å². The van der Waals surface area contributed by atoms with Crippen LogP contribution in [0.5, 0.6) is 0 Å². The van der Waals surface area contributed by atoms with E-state index < -0.39 is 0 Å². The molecule has 0 saturated carbocycles. The summed E-state index contributed by atoms with van der Waals surface area (Å²) in [5, 5.41) is 2.81. The zero-order valence-electron chi connectivity index (χ0n) is 3.39. The lowest BCUT2D eigenvalue weighted by atomic mass is 10.6. The Kier molecular flexibility index (Phi) is 0.759. The van der Waals surface area contributed by atoms with Crippen LogP contribution in [0.3, 0.4) is 0 Å². The average molecular weight is 85.1 g/mol. The molecule has 0 fully saturated rings. The molecule has 1 aliphatic rings. The van der Waals surface area contributed by atoms with Gasteiger partial charge in [-0.1, -0.05) is 0 Å². The van der Waals surface area contributed by atoms with Gasteiger partial charge in [0, 0.05) is 0 Å². The molecule has 0 aromatic heterocycles. The zero-order chi connectivity index (χ0) is 4.41. The molecule has 0 amide bonds. The van der Waals surface area contributed by atoms with Crippen LogP contribution in [0.1, 0.15) is 0 Å². The van der Waals surface area contributed by atoms with Gasteiger partial charge in [0.15, 0.2) is 0 Å². The summed E-state index contributed by atoms with van der Waals surface area (Å²) in [6.07, 6.45) is 1.70. The Bertz CT molecular complexity index is 60.4.